The Morgan fingerprint density at radius 2 is 2.07 bits per heavy atom. The minimum absolute atomic E-state index is 0.00625. The summed E-state index contributed by atoms with van der Waals surface area (Å²) in [6.07, 6.45) is 6.52. The molecule has 0 amide bonds. The molecule has 1 aliphatic heterocycles. The fourth-order valence-electron chi connectivity index (χ4n) is 3.01. The number of allylic oxidation sites excluding steroid dienone is 1. The average Bonchev–Trinajstić information content (AvgIpc) is 2.74. The SMILES string of the molecule is CC(=O)/C=C/[C@H]1C(C)(C)CCC2O[C@]21C. The van der Waals surface area contributed by atoms with Crippen LogP contribution in [0, 0.1) is 11.3 Å². The molecule has 2 heteroatoms. The van der Waals surface area contributed by atoms with E-state index in [4.69, 9.17) is 4.74 Å². The third kappa shape index (κ3) is 1.76. The molecule has 1 aliphatic carbocycles. The summed E-state index contributed by atoms with van der Waals surface area (Å²) in [4.78, 5) is 11.0. The number of ketones is 1. The number of fused-ring (bicyclic) bond motifs is 1. The van der Waals surface area contributed by atoms with Crippen LogP contribution in [-0.4, -0.2) is 17.5 Å². The first-order valence-corrected chi connectivity index (χ1v) is 5.73. The number of hydrogen-bond acceptors (Lipinski definition) is 2. The quantitative estimate of drug-likeness (QED) is 0.516. The van der Waals surface area contributed by atoms with Crippen molar-refractivity contribution in [2.24, 2.45) is 11.3 Å². The second-order valence-electron chi connectivity index (χ2n) is 5.77. The highest BCUT2D eigenvalue weighted by atomic mass is 16.6. The molecule has 2 aliphatic rings. The molecule has 1 unspecified atom stereocenters. The Morgan fingerprint density at radius 1 is 1.40 bits per heavy atom. The number of ether oxygens (including phenoxy) is 1. The lowest BCUT2D eigenvalue weighted by Gasteiger charge is -2.38. The standard InChI is InChI=1S/C13H20O2/c1-9(14)5-6-10-12(2,3)8-7-11-13(10,4)15-11/h5-6,10-11H,7-8H2,1-4H3/b6-5+/t10-,11?,13-/m0/s1. The zero-order valence-electron chi connectivity index (χ0n) is 10.0. The molecule has 84 valence electrons. The van der Waals surface area contributed by atoms with Crippen molar-refractivity contribution in [1.82, 2.24) is 0 Å². The van der Waals surface area contributed by atoms with Gasteiger partial charge in [-0.2, -0.15) is 0 Å². The smallest absolute Gasteiger partial charge is 0.152 e. The molecule has 1 saturated heterocycles. The minimum Gasteiger partial charge on any atom is -0.366 e. The van der Waals surface area contributed by atoms with Gasteiger partial charge in [-0.3, -0.25) is 4.79 Å². The van der Waals surface area contributed by atoms with Crippen LogP contribution < -0.4 is 0 Å². The van der Waals surface area contributed by atoms with E-state index in [1.165, 1.54) is 6.42 Å². The van der Waals surface area contributed by atoms with Crippen LogP contribution >= 0.6 is 0 Å². The van der Waals surface area contributed by atoms with Crippen molar-refractivity contribution >= 4 is 5.78 Å². The van der Waals surface area contributed by atoms with Crippen molar-refractivity contribution in [2.75, 3.05) is 0 Å². The Labute approximate surface area is 91.7 Å². The summed E-state index contributed by atoms with van der Waals surface area (Å²) in [5, 5.41) is 0. The maximum atomic E-state index is 11.0. The third-order valence-electron chi connectivity index (χ3n) is 4.01. The van der Waals surface area contributed by atoms with Gasteiger partial charge in [-0.1, -0.05) is 19.9 Å². The summed E-state index contributed by atoms with van der Waals surface area (Å²) in [5.41, 5.74) is 0.237. The molecule has 1 saturated carbocycles. The Hall–Kier alpha value is -0.630. The lowest BCUT2D eigenvalue weighted by atomic mass is 9.64. The minimum atomic E-state index is -0.00625. The number of epoxide rings is 1. The van der Waals surface area contributed by atoms with Crippen LogP contribution in [0.1, 0.15) is 40.5 Å². The van der Waals surface area contributed by atoms with E-state index in [1.807, 2.05) is 0 Å². The Bertz CT molecular complexity index is 312. The highest BCUT2D eigenvalue weighted by Crippen LogP contribution is 2.58. The van der Waals surface area contributed by atoms with E-state index in [2.05, 4.69) is 26.8 Å². The average molecular weight is 208 g/mol. The molecule has 0 aromatic heterocycles. The van der Waals surface area contributed by atoms with E-state index in [0.717, 1.165) is 6.42 Å². The molecule has 1 heterocycles. The van der Waals surface area contributed by atoms with Crippen molar-refractivity contribution < 1.29 is 9.53 Å². The van der Waals surface area contributed by atoms with Crippen molar-refractivity contribution in [1.29, 1.82) is 0 Å². The van der Waals surface area contributed by atoms with Crippen molar-refractivity contribution in [3.8, 4) is 0 Å². The highest BCUT2D eigenvalue weighted by Gasteiger charge is 2.63. The van der Waals surface area contributed by atoms with E-state index >= 15 is 0 Å². The molecule has 15 heavy (non-hydrogen) atoms. The van der Waals surface area contributed by atoms with Crippen LogP contribution in [0.4, 0.5) is 0 Å². The Morgan fingerprint density at radius 3 is 2.67 bits per heavy atom. The Balaban J connectivity index is 2.21. The second-order valence-corrected chi connectivity index (χ2v) is 5.77. The monoisotopic (exact) mass is 208 g/mol. The zero-order valence-corrected chi connectivity index (χ0v) is 10.0. The Kier molecular flexibility index (Phi) is 2.30. The predicted octanol–water partition coefficient (Wildman–Crippen LogP) is 2.73. The molecule has 0 spiro atoms. The summed E-state index contributed by atoms with van der Waals surface area (Å²) in [6.45, 7) is 8.31. The third-order valence-corrected chi connectivity index (χ3v) is 4.01. The van der Waals surface area contributed by atoms with Crippen LogP contribution in [0.3, 0.4) is 0 Å². The fraction of sp³-hybridized carbons (Fsp3) is 0.769. The summed E-state index contributed by atoms with van der Waals surface area (Å²) >= 11 is 0. The van der Waals surface area contributed by atoms with Gasteiger partial charge in [0.05, 0.1) is 11.7 Å². The number of carbonyl (C=O) groups is 1. The van der Waals surface area contributed by atoms with E-state index in [1.54, 1.807) is 13.0 Å². The van der Waals surface area contributed by atoms with Gasteiger partial charge in [0.2, 0.25) is 0 Å². The molecule has 0 aromatic carbocycles. The molecular weight excluding hydrogens is 188 g/mol. The van der Waals surface area contributed by atoms with Gasteiger partial charge >= 0.3 is 0 Å². The van der Waals surface area contributed by atoms with Crippen LogP contribution in [-0.2, 0) is 9.53 Å². The van der Waals surface area contributed by atoms with Gasteiger partial charge in [0.25, 0.3) is 0 Å². The van der Waals surface area contributed by atoms with Crippen LogP contribution in [0.5, 0.6) is 0 Å². The number of carbonyl (C=O) groups excluding carboxylic acids is 1. The van der Waals surface area contributed by atoms with Gasteiger partial charge in [0.15, 0.2) is 5.78 Å². The second kappa shape index (κ2) is 3.18. The maximum absolute atomic E-state index is 11.0. The van der Waals surface area contributed by atoms with Crippen molar-refractivity contribution in [3.63, 3.8) is 0 Å². The van der Waals surface area contributed by atoms with E-state index in [-0.39, 0.29) is 16.8 Å². The maximum Gasteiger partial charge on any atom is 0.152 e. The van der Waals surface area contributed by atoms with Crippen LogP contribution in [0.25, 0.3) is 0 Å². The van der Waals surface area contributed by atoms with Crippen molar-refractivity contribution in [3.05, 3.63) is 12.2 Å². The molecule has 0 bridgehead atoms. The molecule has 2 nitrogen and oxygen atoms in total. The number of rotatable bonds is 2. The number of hydrogen-bond donors (Lipinski definition) is 0. The lowest BCUT2D eigenvalue weighted by Crippen LogP contribution is -2.39. The predicted molar refractivity (Wildman–Crippen MR) is 59.6 cm³/mol. The van der Waals surface area contributed by atoms with Gasteiger partial charge in [0, 0.05) is 5.92 Å². The summed E-state index contributed by atoms with van der Waals surface area (Å²) < 4.78 is 5.78. The van der Waals surface area contributed by atoms with Gasteiger partial charge in [-0.25, -0.2) is 0 Å². The zero-order chi connectivity index (χ0) is 11.3. The topological polar surface area (TPSA) is 29.6 Å². The first kappa shape index (κ1) is 10.9. The molecular formula is C13H20O2. The molecule has 0 radical (unpaired) electrons. The van der Waals surface area contributed by atoms with E-state index in [9.17, 15) is 4.79 Å². The molecule has 0 N–H and O–H groups in total. The van der Waals surface area contributed by atoms with Crippen LogP contribution in [0.15, 0.2) is 12.2 Å². The van der Waals surface area contributed by atoms with Gasteiger partial charge in [-0.05, 0) is 38.2 Å². The van der Waals surface area contributed by atoms with E-state index < -0.39 is 0 Å². The normalized spacial score (nSPS) is 42.7. The van der Waals surface area contributed by atoms with Crippen LogP contribution in [0.2, 0.25) is 0 Å². The lowest BCUT2D eigenvalue weighted by molar-refractivity contribution is -0.112. The first-order valence-electron chi connectivity index (χ1n) is 5.73. The molecule has 3 atom stereocenters. The van der Waals surface area contributed by atoms with Gasteiger partial charge in [0.1, 0.15) is 0 Å². The van der Waals surface area contributed by atoms with E-state index in [0.29, 0.717) is 12.0 Å². The summed E-state index contributed by atoms with van der Waals surface area (Å²) in [6, 6.07) is 0. The highest BCUT2D eigenvalue weighted by molar-refractivity contribution is 5.87. The van der Waals surface area contributed by atoms with Gasteiger partial charge < -0.3 is 4.74 Å². The molecule has 0 aromatic rings. The molecule has 2 fully saturated rings. The summed E-state index contributed by atoms with van der Waals surface area (Å²) in [7, 11) is 0. The van der Waals surface area contributed by atoms with Crippen molar-refractivity contribution in [2.45, 2.75) is 52.2 Å². The first-order chi connectivity index (χ1) is 6.86. The molecule has 2 rings (SSSR count). The fourth-order valence-corrected chi connectivity index (χ4v) is 3.01. The largest absolute Gasteiger partial charge is 0.366 e. The summed E-state index contributed by atoms with van der Waals surface area (Å²) in [5.74, 6) is 0.491. The van der Waals surface area contributed by atoms with Gasteiger partial charge in [-0.15, -0.1) is 0 Å².